The summed E-state index contributed by atoms with van der Waals surface area (Å²) in [6, 6.07) is 14.8. The van der Waals surface area contributed by atoms with Crippen molar-refractivity contribution < 1.29 is 4.74 Å². The summed E-state index contributed by atoms with van der Waals surface area (Å²) >= 11 is 0. The van der Waals surface area contributed by atoms with Crippen molar-refractivity contribution in [3.05, 3.63) is 54.5 Å². The van der Waals surface area contributed by atoms with Gasteiger partial charge in [-0.15, -0.1) is 0 Å². The summed E-state index contributed by atoms with van der Waals surface area (Å²) in [5.74, 6) is 0. The van der Waals surface area contributed by atoms with Crippen molar-refractivity contribution in [2.75, 3.05) is 31.2 Å². The molecule has 2 aliphatic rings. The van der Waals surface area contributed by atoms with Crippen LogP contribution in [0.2, 0.25) is 0 Å². The molecule has 1 saturated carbocycles. The van der Waals surface area contributed by atoms with E-state index in [4.69, 9.17) is 19.8 Å². The van der Waals surface area contributed by atoms with Gasteiger partial charge in [-0.05, 0) is 49.6 Å². The molecule has 8 nitrogen and oxygen atoms in total. The highest BCUT2D eigenvalue weighted by Crippen LogP contribution is 2.47. The molecule has 1 aromatic carbocycles. The minimum atomic E-state index is -0.281. The zero-order chi connectivity index (χ0) is 22.4. The van der Waals surface area contributed by atoms with E-state index in [0.29, 0.717) is 19.8 Å². The van der Waals surface area contributed by atoms with Crippen molar-refractivity contribution in [2.45, 2.75) is 26.3 Å². The molecule has 0 radical (unpaired) electrons. The highest BCUT2D eigenvalue weighted by molar-refractivity contribution is 5.89. The van der Waals surface area contributed by atoms with Crippen molar-refractivity contribution in [3.8, 4) is 23.1 Å². The average molecular weight is 440 g/mol. The van der Waals surface area contributed by atoms with Crippen molar-refractivity contribution in [2.24, 2.45) is 5.41 Å². The third-order valence-electron chi connectivity index (χ3n) is 6.59. The number of pyridine rings is 1. The van der Waals surface area contributed by atoms with E-state index in [9.17, 15) is 5.26 Å². The maximum atomic E-state index is 9.61. The number of nitriles is 1. The Hall–Kier alpha value is -3.70. The number of nitrogens with zero attached hydrogens (tertiary/aromatic N) is 7. The van der Waals surface area contributed by atoms with E-state index in [0.717, 1.165) is 59.9 Å². The fourth-order valence-electron chi connectivity index (χ4n) is 4.47. The molecule has 0 unspecified atom stereocenters. The van der Waals surface area contributed by atoms with Gasteiger partial charge >= 0.3 is 0 Å². The fourth-order valence-corrected chi connectivity index (χ4v) is 4.47. The Labute approximate surface area is 192 Å². The minimum Gasteiger partial charge on any atom is -0.378 e. The third kappa shape index (κ3) is 3.64. The number of benzene rings is 1. The molecule has 0 N–H and O–H groups in total. The Kier molecular flexibility index (Phi) is 4.66. The molecule has 33 heavy (non-hydrogen) atoms. The molecule has 3 aromatic heterocycles. The number of rotatable bonds is 5. The molecule has 4 heterocycles. The van der Waals surface area contributed by atoms with Gasteiger partial charge in [-0.3, -0.25) is 0 Å². The van der Waals surface area contributed by atoms with Gasteiger partial charge in [-0.25, -0.2) is 14.6 Å². The lowest BCUT2D eigenvalue weighted by Crippen LogP contribution is -2.36. The molecular weight excluding hydrogens is 414 g/mol. The monoisotopic (exact) mass is 439 g/mol. The van der Waals surface area contributed by atoms with E-state index in [1.165, 1.54) is 5.56 Å². The van der Waals surface area contributed by atoms with Crippen LogP contribution >= 0.6 is 0 Å². The highest BCUT2D eigenvalue weighted by Gasteiger charge is 2.44. The predicted octanol–water partition coefficient (Wildman–Crippen LogP) is 3.73. The minimum absolute atomic E-state index is 0.281. The van der Waals surface area contributed by atoms with Crippen LogP contribution in [0.15, 0.2) is 48.9 Å². The molecule has 1 saturated heterocycles. The van der Waals surface area contributed by atoms with Crippen LogP contribution < -0.4 is 4.90 Å². The average Bonchev–Trinajstić information content (AvgIpc) is 3.25. The van der Waals surface area contributed by atoms with Crippen LogP contribution in [0, 0.1) is 23.7 Å². The van der Waals surface area contributed by atoms with Crippen LogP contribution in [0.4, 0.5) is 5.69 Å². The van der Waals surface area contributed by atoms with Gasteiger partial charge in [0, 0.05) is 25.8 Å². The van der Waals surface area contributed by atoms with Crippen LogP contribution in [0.25, 0.3) is 28.2 Å². The van der Waals surface area contributed by atoms with E-state index < -0.39 is 0 Å². The Morgan fingerprint density at radius 1 is 1.12 bits per heavy atom. The van der Waals surface area contributed by atoms with Crippen LogP contribution in [0.1, 0.15) is 18.4 Å². The number of aryl methyl sites for hydroxylation is 1. The van der Waals surface area contributed by atoms with Crippen LogP contribution in [0.3, 0.4) is 0 Å². The van der Waals surface area contributed by atoms with Gasteiger partial charge in [0.25, 0.3) is 0 Å². The van der Waals surface area contributed by atoms with Crippen molar-refractivity contribution in [1.29, 1.82) is 5.26 Å². The fraction of sp³-hybridized carbons (Fsp3) is 0.360. The maximum absolute atomic E-state index is 9.61. The summed E-state index contributed by atoms with van der Waals surface area (Å²) in [6.45, 7) is 5.71. The van der Waals surface area contributed by atoms with E-state index in [1.54, 1.807) is 0 Å². The number of anilines is 1. The van der Waals surface area contributed by atoms with Gasteiger partial charge in [0.2, 0.25) is 0 Å². The van der Waals surface area contributed by atoms with Crippen molar-refractivity contribution >= 4 is 16.9 Å². The van der Waals surface area contributed by atoms with Gasteiger partial charge in [0.15, 0.2) is 5.65 Å². The smallest absolute Gasteiger partial charge is 0.162 e. The van der Waals surface area contributed by atoms with E-state index in [2.05, 4.69) is 36.1 Å². The SMILES string of the molecule is Cc1cccc(-n2ccc(-c3cc(N4CCOCC4)c4ncn(CC5(C#N)CC5)c4n3)n2)c1. The van der Waals surface area contributed by atoms with E-state index >= 15 is 0 Å². The summed E-state index contributed by atoms with van der Waals surface area (Å²) in [5.41, 5.74) is 6.26. The first kappa shape index (κ1) is 19.9. The molecule has 0 bridgehead atoms. The summed E-state index contributed by atoms with van der Waals surface area (Å²) in [5, 5.41) is 14.4. The molecule has 0 atom stereocenters. The third-order valence-corrected chi connectivity index (χ3v) is 6.59. The predicted molar refractivity (Wildman–Crippen MR) is 125 cm³/mol. The lowest BCUT2D eigenvalue weighted by atomic mass is 10.1. The Bertz CT molecular complexity index is 1370. The number of imidazole rings is 1. The number of hydrogen-bond donors (Lipinski definition) is 0. The number of aromatic nitrogens is 5. The van der Waals surface area contributed by atoms with Crippen LogP contribution in [-0.4, -0.2) is 50.6 Å². The summed E-state index contributed by atoms with van der Waals surface area (Å²) in [4.78, 5) is 12.0. The molecule has 1 aliphatic heterocycles. The zero-order valence-corrected chi connectivity index (χ0v) is 18.6. The second kappa shape index (κ2) is 7.71. The molecular formula is C25H25N7O. The Morgan fingerprint density at radius 3 is 2.73 bits per heavy atom. The van der Waals surface area contributed by atoms with E-state index in [-0.39, 0.29) is 5.41 Å². The zero-order valence-electron chi connectivity index (χ0n) is 18.6. The summed E-state index contributed by atoms with van der Waals surface area (Å²) < 4.78 is 9.49. The molecule has 4 aromatic rings. The second-order valence-corrected chi connectivity index (χ2v) is 9.05. The second-order valence-electron chi connectivity index (χ2n) is 9.05. The van der Waals surface area contributed by atoms with Gasteiger partial charge in [0.05, 0.1) is 48.1 Å². The number of ether oxygens (including phenoxy) is 1. The highest BCUT2D eigenvalue weighted by atomic mass is 16.5. The van der Waals surface area contributed by atoms with Gasteiger partial charge < -0.3 is 14.2 Å². The number of fused-ring (bicyclic) bond motifs is 1. The molecule has 0 spiro atoms. The Balaban J connectivity index is 1.45. The first-order valence-electron chi connectivity index (χ1n) is 11.4. The van der Waals surface area contributed by atoms with Gasteiger partial charge in [-0.1, -0.05) is 12.1 Å². The Morgan fingerprint density at radius 2 is 1.97 bits per heavy atom. The van der Waals surface area contributed by atoms with Crippen LogP contribution in [0.5, 0.6) is 0 Å². The molecule has 2 fully saturated rings. The normalized spacial score (nSPS) is 17.3. The standard InChI is InChI=1S/C25H25N7O/c1-18-3-2-4-19(13-18)32-8-5-20(29-32)21-14-22(30-9-11-33-12-10-30)23-24(28-21)31(17-27-23)16-25(15-26)6-7-25/h2-5,8,13-14,17H,6-7,9-12,16H2,1H3. The van der Waals surface area contributed by atoms with Crippen LogP contribution in [-0.2, 0) is 11.3 Å². The van der Waals surface area contributed by atoms with E-state index in [1.807, 2.05) is 40.0 Å². The molecule has 166 valence electrons. The van der Waals surface area contributed by atoms with Gasteiger partial charge in [0.1, 0.15) is 11.2 Å². The van der Waals surface area contributed by atoms with Gasteiger partial charge in [-0.2, -0.15) is 10.4 Å². The summed E-state index contributed by atoms with van der Waals surface area (Å²) in [6.07, 6.45) is 5.66. The maximum Gasteiger partial charge on any atom is 0.162 e. The largest absolute Gasteiger partial charge is 0.378 e. The van der Waals surface area contributed by atoms with Crippen molar-refractivity contribution in [1.82, 2.24) is 24.3 Å². The molecule has 0 amide bonds. The number of morpholine rings is 1. The lowest BCUT2D eigenvalue weighted by Gasteiger charge is -2.29. The number of hydrogen-bond acceptors (Lipinski definition) is 6. The topological polar surface area (TPSA) is 84.8 Å². The molecule has 1 aliphatic carbocycles. The quantitative estimate of drug-likeness (QED) is 0.471. The lowest BCUT2D eigenvalue weighted by molar-refractivity contribution is 0.123. The summed E-state index contributed by atoms with van der Waals surface area (Å²) in [7, 11) is 0. The van der Waals surface area contributed by atoms with Crippen molar-refractivity contribution in [3.63, 3.8) is 0 Å². The molecule has 6 rings (SSSR count). The first-order chi connectivity index (χ1) is 16.1. The molecule has 8 heteroatoms. The first-order valence-corrected chi connectivity index (χ1v) is 11.4.